The van der Waals surface area contributed by atoms with Gasteiger partial charge in [0.15, 0.2) is 0 Å². The number of aryl methyl sites for hydroxylation is 1. The fourth-order valence-electron chi connectivity index (χ4n) is 2.28. The molecular weight excluding hydrogens is 350 g/mol. The zero-order valence-corrected chi connectivity index (χ0v) is 14.2. The molecule has 0 aliphatic rings. The van der Waals surface area contributed by atoms with Gasteiger partial charge in [-0.3, -0.25) is 4.72 Å². The molecule has 0 saturated carbocycles. The standard InChI is InChI=1S/C15H13N3O4S2/c1-2-9-6-7-10(15(19)20)12(8-9)18-24(21,22)13-5-3-4-11-14(13)17-23-16-11/h3-8,18H,2H2,1H3,(H,19,20). The predicted octanol–water partition coefficient (Wildman–Crippen LogP) is 2.75. The molecule has 24 heavy (non-hydrogen) atoms. The van der Waals surface area contributed by atoms with Gasteiger partial charge in [0.05, 0.1) is 23.0 Å². The van der Waals surface area contributed by atoms with Crippen molar-refractivity contribution in [3.63, 3.8) is 0 Å². The molecule has 0 unspecified atom stereocenters. The highest BCUT2D eigenvalue weighted by Gasteiger charge is 2.22. The molecule has 3 rings (SSSR count). The Balaban J connectivity index is 2.10. The fraction of sp³-hybridized carbons (Fsp3) is 0.133. The summed E-state index contributed by atoms with van der Waals surface area (Å²) in [4.78, 5) is 11.3. The summed E-state index contributed by atoms with van der Waals surface area (Å²) >= 11 is 0.917. The molecular formula is C15H13N3O4S2. The highest BCUT2D eigenvalue weighted by atomic mass is 32.2. The number of nitrogens with one attached hydrogen (secondary N) is 1. The Morgan fingerprint density at radius 3 is 2.75 bits per heavy atom. The van der Waals surface area contributed by atoms with Crippen LogP contribution in [0.2, 0.25) is 0 Å². The zero-order chi connectivity index (χ0) is 17.3. The molecule has 0 fully saturated rings. The van der Waals surface area contributed by atoms with E-state index in [1.165, 1.54) is 18.2 Å². The van der Waals surface area contributed by atoms with Crippen LogP contribution in [0.25, 0.3) is 11.0 Å². The molecule has 124 valence electrons. The van der Waals surface area contributed by atoms with Gasteiger partial charge in [0.1, 0.15) is 15.9 Å². The number of anilines is 1. The molecule has 1 aromatic heterocycles. The zero-order valence-electron chi connectivity index (χ0n) is 12.6. The van der Waals surface area contributed by atoms with Crippen molar-refractivity contribution >= 4 is 44.4 Å². The molecule has 0 saturated heterocycles. The van der Waals surface area contributed by atoms with Crippen molar-refractivity contribution in [2.45, 2.75) is 18.2 Å². The summed E-state index contributed by atoms with van der Waals surface area (Å²) < 4.78 is 35.8. The van der Waals surface area contributed by atoms with Crippen LogP contribution in [0.15, 0.2) is 41.3 Å². The number of hydrogen-bond donors (Lipinski definition) is 2. The molecule has 0 aliphatic heterocycles. The molecule has 9 heteroatoms. The smallest absolute Gasteiger partial charge is 0.337 e. The SMILES string of the molecule is CCc1ccc(C(=O)O)c(NS(=O)(=O)c2cccc3nsnc23)c1. The van der Waals surface area contributed by atoms with Crippen molar-refractivity contribution in [1.29, 1.82) is 0 Å². The van der Waals surface area contributed by atoms with E-state index in [-0.39, 0.29) is 21.7 Å². The van der Waals surface area contributed by atoms with Crippen LogP contribution in [-0.4, -0.2) is 28.2 Å². The second-order valence-electron chi connectivity index (χ2n) is 5.03. The van der Waals surface area contributed by atoms with Gasteiger partial charge in [-0.15, -0.1) is 0 Å². The van der Waals surface area contributed by atoms with E-state index in [9.17, 15) is 18.3 Å². The average Bonchev–Trinajstić information content (AvgIpc) is 3.02. The quantitative estimate of drug-likeness (QED) is 0.721. The van der Waals surface area contributed by atoms with Gasteiger partial charge in [0.2, 0.25) is 0 Å². The normalized spacial score (nSPS) is 11.5. The summed E-state index contributed by atoms with van der Waals surface area (Å²) in [6.07, 6.45) is 0.653. The van der Waals surface area contributed by atoms with Crippen molar-refractivity contribution < 1.29 is 18.3 Å². The second-order valence-corrected chi connectivity index (χ2v) is 7.21. The Bertz CT molecular complexity index is 1030. The largest absolute Gasteiger partial charge is 0.478 e. The summed E-state index contributed by atoms with van der Waals surface area (Å²) in [5, 5.41) is 9.28. The van der Waals surface area contributed by atoms with Crippen LogP contribution in [0.5, 0.6) is 0 Å². The number of hydrogen-bond acceptors (Lipinski definition) is 6. The molecule has 7 nitrogen and oxygen atoms in total. The van der Waals surface area contributed by atoms with Crippen molar-refractivity contribution in [2.75, 3.05) is 4.72 Å². The molecule has 0 aliphatic carbocycles. The number of fused-ring (bicyclic) bond motifs is 1. The summed E-state index contributed by atoms with van der Waals surface area (Å²) in [5.74, 6) is -1.20. The Kier molecular flexibility index (Phi) is 4.20. The van der Waals surface area contributed by atoms with Crippen LogP contribution >= 0.6 is 11.7 Å². The minimum absolute atomic E-state index is 0.0297. The number of carbonyl (C=O) groups is 1. The van der Waals surface area contributed by atoms with E-state index in [0.717, 1.165) is 17.3 Å². The maximum absolute atomic E-state index is 12.7. The van der Waals surface area contributed by atoms with E-state index in [1.54, 1.807) is 18.2 Å². The van der Waals surface area contributed by atoms with E-state index in [1.807, 2.05) is 6.92 Å². The van der Waals surface area contributed by atoms with Crippen molar-refractivity contribution in [1.82, 2.24) is 8.75 Å². The van der Waals surface area contributed by atoms with Crippen LogP contribution < -0.4 is 4.72 Å². The minimum atomic E-state index is -4.00. The van der Waals surface area contributed by atoms with E-state index in [0.29, 0.717) is 11.9 Å². The van der Waals surface area contributed by atoms with Crippen LogP contribution in [0.1, 0.15) is 22.8 Å². The lowest BCUT2D eigenvalue weighted by atomic mass is 10.1. The highest BCUT2D eigenvalue weighted by molar-refractivity contribution is 7.93. The van der Waals surface area contributed by atoms with Gasteiger partial charge in [-0.2, -0.15) is 8.75 Å². The number of benzene rings is 2. The monoisotopic (exact) mass is 363 g/mol. The minimum Gasteiger partial charge on any atom is -0.478 e. The lowest BCUT2D eigenvalue weighted by molar-refractivity contribution is 0.0698. The third kappa shape index (κ3) is 2.95. The first-order valence-corrected chi connectivity index (χ1v) is 9.24. The fourth-order valence-corrected chi connectivity index (χ4v) is 4.12. The van der Waals surface area contributed by atoms with Gasteiger partial charge in [-0.05, 0) is 36.2 Å². The van der Waals surface area contributed by atoms with Crippen molar-refractivity contribution in [3.05, 3.63) is 47.5 Å². The number of aromatic nitrogens is 2. The Labute approximate surface area is 142 Å². The van der Waals surface area contributed by atoms with Crippen LogP contribution in [0.4, 0.5) is 5.69 Å². The summed E-state index contributed by atoms with van der Waals surface area (Å²) in [7, 11) is -4.00. The Hall–Kier alpha value is -2.52. The molecule has 2 aromatic carbocycles. The van der Waals surface area contributed by atoms with Gasteiger partial charge in [0.25, 0.3) is 10.0 Å². The number of aromatic carboxylic acids is 1. The maximum atomic E-state index is 12.7. The van der Waals surface area contributed by atoms with E-state index >= 15 is 0 Å². The lowest BCUT2D eigenvalue weighted by Gasteiger charge is -2.12. The second kappa shape index (κ2) is 6.17. The van der Waals surface area contributed by atoms with Gasteiger partial charge >= 0.3 is 5.97 Å². The first kappa shape index (κ1) is 16.3. The molecule has 0 bridgehead atoms. The lowest BCUT2D eigenvalue weighted by Crippen LogP contribution is -2.16. The highest BCUT2D eigenvalue weighted by Crippen LogP contribution is 2.26. The van der Waals surface area contributed by atoms with Gasteiger partial charge in [-0.1, -0.05) is 19.1 Å². The predicted molar refractivity (Wildman–Crippen MR) is 91.0 cm³/mol. The summed E-state index contributed by atoms with van der Waals surface area (Å²) in [6, 6.07) is 9.23. The van der Waals surface area contributed by atoms with E-state index in [2.05, 4.69) is 13.5 Å². The first-order valence-electron chi connectivity index (χ1n) is 7.02. The third-order valence-corrected chi connectivity index (χ3v) is 5.45. The molecule has 0 atom stereocenters. The summed E-state index contributed by atoms with van der Waals surface area (Å²) in [5.41, 5.74) is 1.48. The van der Waals surface area contributed by atoms with Crippen LogP contribution in [0, 0.1) is 0 Å². The Morgan fingerprint density at radius 1 is 1.25 bits per heavy atom. The topological polar surface area (TPSA) is 109 Å². The van der Waals surface area contributed by atoms with Gasteiger partial charge in [-0.25, -0.2) is 13.2 Å². The van der Waals surface area contributed by atoms with Gasteiger partial charge < -0.3 is 5.11 Å². The number of carboxylic acid groups (broad SMARTS) is 1. The van der Waals surface area contributed by atoms with Crippen molar-refractivity contribution in [3.8, 4) is 0 Å². The van der Waals surface area contributed by atoms with Gasteiger partial charge in [0, 0.05) is 0 Å². The number of rotatable bonds is 5. The third-order valence-electron chi connectivity index (χ3n) is 3.51. The molecule has 0 radical (unpaired) electrons. The van der Waals surface area contributed by atoms with E-state index in [4.69, 9.17) is 0 Å². The molecule has 3 aromatic rings. The molecule has 0 spiro atoms. The van der Waals surface area contributed by atoms with Crippen LogP contribution in [0.3, 0.4) is 0 Å². The summed E-state index contributed by atoms with van der Waals surface area (Å²) in [6.45, 7) is 1.90. The number of sulfonamides is 1. The van der Waals surface area contributed by atoms with E-state index < -0.39 is 16.0 Å². The first-order chi connectivity index (χ1) is 11.4. The molecule has 0 amide bonds. The average molecular weight is 363 g/mol. The Morgan fingerprint density at radius 2 is 2.04 bits per heavy atom. The molecule has 2 N–H and O–H groups in total. The maximum Gasteiger partial charge on any atom is 0.337 e. The van der Waals surface area contributed by atoms with Crippen molar-refractivity contribution in [2.24, 2.45) is 0 Å². The van der Waals surface area contributed by atoms with Crippen LogP contribution in [-0.2, 0) is 16.4 Å². The number of carboxylic acids is 1. The number of nitrogens with zero attached hydrogens (tertiary/aromatic N) is 2. The molecule has 1 heterocycles.